The van der Waals surface area contributed by atoms with Gasteiger partial charge in [-0.25, -0.2) is 4.79 Å². The minimum atomic E-state index is -0.694. The number of hydrogen-bond donors (Lipinski definition) is 2. The van der Waals surface area contributed by atoms with E-state index in [1.165, 1.54) is 6.07 Å². The number of amides is 1. The minimum Gasteiger partial charge on any atom is -0.452 e. The van der Waals surface area contributed by atoms with Crippen molar-refractivity contribution in [1.82, 2.24) is 5.32 Å². The van der Waals surface area contributed by atoms with E-state index in [-0.39, 0.29) is 22.9 Å². The number of carbonyl (C=O) groups is 2. The number of halogens is 2. The van der Waals surface area contributed by atoms with Crippen LogP contribution >= 0.6 is 23.2 Å². The third-order valence-corrected chi connectivity index (χ3v) is 3.80. The molecule has 7 heteroatoms. The molecule has 2 aromatic carbocycles. The summed E-state index contributed by atoms with van der Waals surface area (Å²) in [6, 6.07) is 12.0. The molecular formula is C17H16Cl2N2O3. The second-order valence-corrected chi connectivity index (χ2v) is 5.85. The maximum atomic E-state index is 11.9. The molecule has 126 valence electrons. The Morgan fingerprint density at radius 1 is 1.12 bits per heavy atom. The molecule has 0 saturated heterocycles. The second kappa shape index (κ2) is 8.57. The van der Waals surface area contributed by atoms with Gasteiger partial charge in [-0.1, -0.05) is 41.4 Å². The first-order chi connectivity index (χ1) is 11.5. The Morgan fingerprint density at radius 2 is 1.88 bits per heavy atom. The van der Waals surface area contributed by atoms with Gasteiger partial charge in [0.1, 0.15) is 0 Å². The zero-order valence-electron chi connectivity index (χ0n) is 12.7. The van der Waals surface area contributed by atoms with E-state index in [9.17, 15) is 9.59 Å². The largest absolute Gasteiger partial charge is 0.452 e. The Bertz CT molecular complexity index is 750. The highest BCUT2D eigenvalue weighted by molar-refractivity contribution is 6.33. The number of hydrogen-bond acceptors (Lipinski definition) is 4. The van der Waals surface area contributed by atoms with Gasteiger partial charge in [0.2, 0.25) is 0 Å². The van der Waals surface area contributed by atoms with Crippen molar-refractivity contribution in [2.45, 2.75) is 6.42 Å². The predicted molar refractivity (Wildman–Crippen MR) is 94.3 cm³/mol. The van der Waals surface area contributed by atoms with Crippen LogP contribution in [0.1, 0.15) is 15.9 Å². The highest BCUT2D eigenvalue weighted by atomic mass is 35.5. The first-order valence-corrected chi connectivity index (χ1v) is 7.95. The first kappa shape index (κ1) is 18.1. The maximum absolute atomic E-state index is 11.9. The molecule has 24 heavy (non-hydrogen) atoms. The summed E-state index contributed by atoms with van der Waals surface area (Å²) in [5.41, 5.74) is 6.97. The lowest BCUT2D eigenvalue weighted by Gasteiger charge is -2.09. The number of ether oxygens (including phenoxy) is 1. The SMILES string of the molecule is Nc1c(Cl)cccc1C(=O)OCC(=O)NCCc1cccc(Cl)c1. The summed E-state index contributed by atoms with van der Waals surface area (Å²) in [6.07, 6.45) is 0.626. The van der Waals surface area contributed by atoms with Crippen molar-refractivity contribution in [3.63, 3.8) is 0 Å². The highest BCUT2D eigenvalue weighted by Gasteiger charge is 2.14. The number of benzene rings is 2. The highest BCUT2D eigenvalue weighted by Crippen LogP contribution is 2.22. The lowest BCUT2D eigenvalue weighted by atomic mass is 10.1. The van der Waals surface area contributed by atoms with E-state index in [0.29, 0.717) is 18.0 Å². The molecule has 5 nitrogen and oxygen atoms in total. The Balaban J connectivity index is 1.76. The molecule has 0 aromatic heterocycles. The molecule has 2 rings (SSSR count). The van der Waals surface area contributed by atoms with Crippen molar-refractivity contribution in [3.8, 4) is 0 Å². The van der Waals surface area contributed by atoms with Gasteiger partial charge in [-0.15, -0.1) is 0 Å². The van der Waals surface area contributed by atoms with E-state index in [2.05, 4.69) is 5.32 Å². The van der Waals surface area contributed by atoms with Gasteiger partial charge in [0.15, 0.2) is 6.61 Å². The van der Waals surface area contributed by atoms with Crippen LogP contribution in [0.2, 0.25) is 10.0 Å². The van der Waals surface area contributed by atoms with Crippen LogP contribution in [0.5, 0.6) is 0 Å². The molecule has 3 N–H and O–H groups in total. The number of nitrogens with one attached hydrogen (secondary N) is 1. The Hall–Kier alpha value is -2.24. The number of esters is 1. The molecule has 0 bridgehead atoms. The fourth-order valence-corrected chi connectivity index (χ4v) is 2.40. The standard InChI is InChI=1S/C17H16Cl2N2O3/c18-12-4-1-3-11(9-12)7-8-21-15(22)10-24-17(23)13-5-2-6-14(19)16(13)20/h1-6,9H,7-8,10,20H2,(H,21,22). The van der Waals surface area contributed by atoms with Crippen LogP contribution in [0.25, 0.3) is 0 Å². The van der Waals surface area contributed by atoms with Gasteiger partial charge < -0.3 is 15.8 Å². The molecule has 0 spiro atoms. The van der Waals surface area contributed by atoms with Gasteiger partial charge in [0, 0.05) is 11.6 Å². The molecule has 1 amide bonds. The van der Waals surface area contributed by atoms with Crippen molar-refractivity contribution in [3.05, 3.63) is 63.6 Å². The van der Waals surface area contributed by atoms with Gasteiger partial charge in [-0.05, 0) is 36.2 Å². The number of anilines is 1. The second-order valence-electron chi connectivity index (χ2n) is 5.01. The van der Waals surface area contributed by atoms with Gasteiger partial charge in [0.05, 0.1) is 16.3 Å². The number of carbonyl (C=O) groups excluding carboxylic acids is 2. The predicted octanol–water partition coefficient (Wildman–Crippen LogP) is 3.09. The van der Waals surface area contributed by atoms with Gasteiger partial charge in [0.25, 0.3) is 5.91 Å². The zero-order chi connectivity index (χ0) is 17.5. The van der Waals surface area contributed by atoms with E-state index >= 15 is 0 Å². The zero-order valence-corrected chi connectivity index (χ0v) is 14.2. The summed E-state index contributed by atoms with van der Waals surface area (Å²) in [4.78, 5) is 23.6. The van der Waals surface area contributed by atoms with E-state index in [4.69, 9.17) is 33.7 Å². The van der Waals surface area contributed by atoms with Crippen molar-refractivity contribution in [2.24, 2.45) is 0 Å². The Morgan fingerprint density at radius 3 is 2.62 bits per heavy atom. The Kier molecular flexibility index (Phi) is 6.46. The van der Waals surface area contributed by atoms with Gasteiger partial charge in [-0.3, -0.25) is 4.79 Å². The smallest absolute Gasteiger partial charge is 0.340 e. The summed E-state index contributed by atoms with van der Waals surface area (Å²) >= 11 is 11.7. The average Bonchev–Trinajstić information content (AvgIpc) is 2.55. The van der Waals surface area contributed by atoms with Crippen LogP contribution < -0.4 is 11.1 Å². The molecule has 0 aliphatic heterocycles. The van der Waals surface area contributed by atoms with Gasteiger partial charge in [-0.2, -0.15) is 0 Å². The number of para-hydroxylation sites is 1. The quantitative estimate of drug-likeness (QED) is 0.607. The lowest BCUT2D eigenvalue weighted by Crippen LogP contribution is -2.30. The molecular weight excluding hydrogens is 351 g/mol. The number of nitrogens with two attached hydrogens (primary N) is 1. The lowest BCUT2D eigenvalue weighted by molar-refractivity contribution is -0.124. The summed E-state index contributed by atoms with van der Waals surface area (Å²) in [6.45, 7) is 0.0242. The monoisotopic (exact) mass is 366 g/mol. The molecule has 0 fully saturated rings. The number of nitrogen functional groups attached to an aromatic ring is 1. The van der Waals surface area contributed by atoms with Crippen LogP contribution in [0.15, 0.2) is 42.5 Å². The third-order valence-electron chi connectivity index (χ3n) is 3.23. The molecule has 0 aliphatic rings. The van der Waals surface area contributed by atoms with E-state index in [1.807, 2.05) is 18.2 Å². The summed E-state index contributed by atoms with van der Waals surface area (Å²) in [5.74, 6) is -1.09. The van der Waals surface area contributed by atoms with Crippen molar-refractivity contribution < 1.29 is 14.3 Å². The third kappa shape index (κ3) is 5.15. The topological polar surface area (TPSA) is 81.4 Å². The molecule has 0 radical (unpaired) electrons. The summed E-state index contributed by atoms with van der Waals surface area (Å²) in [5, 5.41) is 3.57. The molecule has 0 saturated carbocycles. The van der Waals surface area contributed by atoms with Crippen molar-refractivity contribution in [2.75, 3.05) is 18.9 Å². The normalized spacial score (nSPS) is 10.2. The maximum Gasteiger partial charge on any atom is 0.340 e. The fraction of sp³-hybridized carbons (Fsp3) is 0.176. The first-order valence-electron chi connectivity index (χ1n) is 7.19. The molecule has 0 aliphatic carbocycles. The average molecular weight is 367 g/mol. The van der Waals surface area contributed by atoms with Crippen LogP contribution in [-0.2, 0) is 16.0 Å². The fourth-order valence-electron chi connectivity index (χ4n) is 2.01. The van der Waals surface area contributed by atoms with E-state index in [0.717, 1.165) is 5.56 Å². The molecule has 0 atom stereocenters. The molecule has 2 aromatic rings. The van der Waals surface area contributed by atoms with Crippen molar-refractivity contribution in [1.29, 1.82) is 0 Å². The van der Waals surface area contributed by atoms with Crippen LogP contribution in [0.4, 0.5) is 5.69 Å². The summed E-state index contributed by atoms with van der Waals surface area (Å²) in [7, 11) is 0. The number of rotatable bonds is 6. The van der Waals surface area contributed by atoms with Crippen LogP contribution in [0, 0.1) is 0 Å². The van der Waals surface area contributed by atoms with E-state index in [1.54, 1.807) is 18.2 Å². The Labute approximate surface area is 149 Å². The molecule has 0 heterocycles. The van der Waals surface area contributed by atoms with Crippen LogP contribution in [-0.4, -0.2) is 25.0 Å². The molecule has 0 unspecified atom stereocenters. The van der Waals surface area contributed by atoms with Gasteiger partial charge >= 0.3 is 5.97 Å². The van der Waals surface area contributed by atoms with Crippen molar-refractivity contribution >= 4 is 40.8 Å². The van der Waals surface area contributed by atoms with E-state index < -0.39 is 11.9 Å². The summed E-state index contributed by atoms with van der Waals surface area (Å²) < 4.78 is 4.94. The van der Waals surface area contributed by atoms with Crippen LogP contribution in [0.3, 0.4) is 0 Å². The minimum absolute atomic E-state index is 0.130.